The summed E-state index contributed by atoms with van der Waals surface area (Å²) in [7, 11) is 0. The van der Waals surface area contributed by atoms with E-state index in [2.05, 4.69) is 20.8 Å². The molecule has 0 aliphatic heterocycles. The molecule has 0 unspecified atom stereocenters. The molecule has 0 N–H and O–H groups in total. The third-order valence-electron chi connectivity index (χ3n) is 5.13. The molecule has 0 rings (SSSR count). The maximum absolute atomic E-state index is 2.34. The number of hydrogen-bond donors (Lipinski definition) is 0. The summed E-state index contributed by atoms with van der Waals surface area (Å²) in [6.07, 6.45) is 27.5. The third kappa shape index (κ3) is 20.0. The minimum atomic E-state index is 1.32. The average Bonchev–Trinajstić information content (AvgIpc) is 2.54. The average molecular weight is 324 g/mol. The first-order valence-corrected chi connectivity index (χ1v) is 11.1. The molecular weight excluding hydrogens is 276 g/mol. The molecule has 139 valence electrons. The Morgan fingerprint density at radius 3 is 1.09 bits per heavy atom. The molecule has 0 aromatic rings. The number of hydrogen-bond acceptors (Lipinski definition) is 0. The van der Waals surface area contributed by atoms with E-state index in [1.54, 1.807) is 5.92 Å². The lowest BCUT2D eigenvalue weighted by molar-refractivity contribution is 0.526. The van der Waals surface area contributed by atoms with Gasteiger partial charge in [-0.25, -0.2) is 0 Å². The summed E-state index contributed by atoms with van der Waals surface area (Å²) in [5.41, 5.74) is 0. The zero-order valence-corrected chi connectivity index (χ0v) is 16.9. The van der Waals surface area contributed by atoms with Crippen LogP contribution in [-0.4, -0.2) is 0 Å². The van der Waals surface area contributed by atoms with E-state index in [9.17, 15) is 0 Å². The lowest BCUT2D eigenvalue weighted by Crippen LogP contribution is -1.91. The van der Waals surface area contributed by atoms with E-state index in [0.29, 0.717) is 0 Å². The highest BCUT2D eigenvalue weighted by Gasteiger charge is 2.00. The van der Waals surface area contributed by atoms with E-state index in [1.165, 1.54) is 122 Å². The smallest absolute Gasteiger partial charge is 0.0272 e. The Morgan fingerprint density at radius 1 is 0.391 bits per heavy atom. The molecule has 0 aliphatic rings. The topological polar surface area (TPSA) is 0 Å². The number of rotatable bonds is 19. The Kier molecular flexibility index (Phi) is 20.0. The monoisotopic (exact) mass is 323 g/mol. The van der Waals surface area contributed by atoms with E-state index in [-0.39, 0.29) is 0 Å². The summed E-state index contributed by atoms with van der Waals surface area (Å²) in [5, 5.41) is 0. The minimum Gasteiger partial charge on any atom is -0.0654 e. The van der Waals surface area contributed by atoms with E-state index >= 15 is 0 Å². The molecule has 0 heterocycles. The van der Waals surface area contributed by atoms with Gasteiger partial charge in [0.25, 0.3) is 0 Å². The number of unbranched alkanes of at least 4 members (excludes halogenated alkanes) is 15. The van der Waals surface area contributed by atoms with Gasteiger partial charge in [0, 0.05) is 0 Å². The zero-order chi connectivity index (χ0) is 17.0. The molecule has 0 spiro atoms. The summed E-state index contributed by atoms with van der Waals surface area (Å²) >= 11 is 0. The molecule has 0 fully saturated rings. The molecule has 0 aliphatic carbocycles. The van der Waals surface area contributed by atoms with Crippen LogP contribution in [0.25, 0.3) is 0 Å². The summed E-state index contributed by atoms with van der Waals surface area (Å²) in [6.45, 7) is 6.93. The van der Waals surface area contributed by atoms with E-state index in [4.69, 9.17) is 0 Å². The Morgan fingerprint density at radius 2 is 0.739 bits per heavy atom. The van der Waals surface area contributed by atoms with Crippen molar-refractivity contribution in [1.29, 1.82) is 0 Å². The second-order valence-electron chi connectivity index (χ2n) is 7.76. The Bertz CT molecular complexity index is 196. The molecule has 0 heteroatoms. The largest absolute Gasteiger partial charge is 0.0654 e. The van der Waals surface area contributed by atoms with Crippen LogP contribution in [0.1, 0.15) is 143 Å². The fourth-order valence-corrected chi connectivity index (χ4v) is 3.53. The van der Waals surface area contributed by atoms with Crippen LogP contribution in [-0.2, 0) is 0 Å². The summed E-state index contributed by atoms with van der Waals surface area (Å²) in [4.78, 5) is 0. The van der Waals surface area contributed by atoms with Gasteiger partial charge in [-0.15, -0.1) is 0 Å². The molecule has 0 bridgehead atoms. The summed E-state index contributed by atoms with van der Waals surface area (Å²) < 4.78 is 0. The predicted molar refractivity (Wildman–Crippen MR) is 108 cm³/mol. The van der Waals surface area contributed by atoms with E-state index < -0.39 is 0 Å². The normalized spacial score (nSPS) is 11.5. The minimum absolute atomic E-state index is 1.32. The quantitative estimate of drug-likeness (QED) is 0.208. The third-order valence-corrected chi connectivity index (χ3v) is 5.13. The first kappa shape index (κ1) is 23.0. The van der Waals surface area contributed by atoms with E-state index in [0.717, 1.165) is 0 Å². The van der Waals surface area contributed by atoms with Crippen LogP contribution in [0.3, 0.4) is 0 Å². The molecule has 0 saturated carbocycles. The maximum Gasteiger partial charge on any atom is -0.0272 e. The standard InChI is InChI=1S/C23H47/c1-4-6-7-8-9-10-11-12-13-14-15-16-17-18-19-20-22-23(3)21-5-2/h4-22H2,1-3H3. The molecule has 0 saturated heterocycles. The van der Waals surface area contributed by atoms with E-state index in [1.807, 2.05) is 0 Å². The molecule has 0 aromatic heterocycles. The predicted octanol–water partition coefficient (Wildman–Crippen LogP) is 9.03. The summed E-state index contributed by atoms with van der Waals surface area (Å²) in [6, 6.07) is 0. The molecule has 0 atom stereocenters. The fraction of sp³-hybridized carbons (Fsp3) is 0.957. The second kappa shape index (κ2) is 20.0. The van der Waals surface area contributed by atoms with Crippen LogP contribution < -0.4 is 0 Å². The lowest BCUT2D eigenvalue weighted by atomic mass is 9.98. The summed E-state index contributed by atoms with van der Waals surface area (Å²) in [5.74, 6) is 1.72. The van der Waals surface area contributed by atoms with Crippen molar-refractivity contribution in [2.75, 3.05) is 0 Å². The molecule has 1 radical (unpaired) electrons. The van der Waals surface area contributed by atoms with Crippen molar-refractivity contribution in [2.45, 2.75) is 143 Å². The van der Waals surface area contributed by atoms with Crippen LogP contribution in [0.4, 0.5) is 0 Å². The van der Waals surface area contributed by atoms with Gasteiger partial charge in [-0.1, -0.05) is 130 Å². The molecular formula is C23H47. The van der Waals surface area contributed by atoms with Gasteiger partial charge in [0.1, 0.15) is 0 Å². The van der Waals surface area contributed by atoms with Gasteiger partial charge in [-0.05, 0) is 18.8 Å². The molecule has 23 heavy (non-hydrogen) atoms. The molecule has 0 amide bonds. The fourth-order valence-electron chi connectivity index (χ4n) is 3.53. The Hall–Kier alpha value is 0. The van der Waals surface area contributed by atoms with Gasteiger partial charge in [-0.2, -0.15) is 0 Å². The van der Waals surface area contributed by atoms with Crippen molar-refractivity contribution in [3.05, 3.63) is 5.92 Å². The maximum atomic E-state index is 2.34. The van der Waals surface area contributed by atoms with Crippen LogP contribution in [0.2, 0.25) is 0 Å². The van der Waals surface area contributed by atoms with Crippen LogP contribution in [0.5, 0.6) is 0 Å². The molecule has 0 aromatic carbocycles. The van der Waals surface area contributed by atoms with Gasteiger partial charge >= 0.3 is 0 Å². The van der Waals surface area contributed by atoms with Crippen molar-refractivity contribution in [3.63, 3.8) is 0 Å². The van der Waals surface area contributed by atoms with Gasteiger partial charge in [0.15, 0.2) is 0 Å². The molecule has 0 nitrogen and oxygen atoms in total. The van der Waals surface area contributed by atoms with Crippen molar-refractivity contribution in [3.8, 4) is 0 Å². The lowest BCUT2D eigenvalue weighted by Gasteiger charge is -2.08. The van der Waals surface area contributed by atoms with Crippen molar-refractivity contribution < 1.29 is 0 Å². The van der Waals surface area contributed by atoms with Gasteiger partial charge in [-0.3, -0.25) is 0 Å². The second-order valence-corrected chi connectivity index (χ2v) is 7.76. The van der Waals surface area contributed by atoms with Gasteiger partial charge < -0.3 is 0 Å². The van der Waals surface area contributed by atoms with Crippen molar-refractivity contribution in [1.82, 2.24) is 0 Å². The van der Waals surface area contributed by atoms with Crippen LogP contribution >= 0.6 is 0 Å². The zero-order valence-electron chi connectivity index (χ0n) is 16.9. The first-order valence-electron chi connectivity index (χ1n) is 11.1. The van der Waals surface area contributed by atoms with Crippen molar-refractivity contribution >= 4 is 0 Å². The Balaban J connectivity index is 3.00. The van der Waals surface area contributed by atoms with Crippen LogP contribution in [0, 0.1) is 5.92 Å². The van der Waals surface area contributed by atoms with Crippen molar-refractivity contribution in [2.24, 2.45) is 0 Å². The van der Waals surface area contributed by atoms with Gasteiger partial charge in [0.2, 0.25) is 0 Å². The highest BCUT2D eigenvalue weighted by atomic mass is 14.1. The SMILES string of the molecule is CCCCCCCCCCCCCCCCCC[C](C)CCC. The Labute approximate surface area is 149 Å². The van der Waals surface area contributed by atoms with Gasteiger partial charge in [0.05, 0.1) is 0 Å². The highest BCUT2D eigenvalue weighted by Crippen LogP contribution is 2.18. The highest BCUT2D eigenvalue weighted by molar-refractivity contribution is 4.82. The van der Waals surface area contributed by atoms with Crippen LogP contribution in [0.15, 0.2) is 0 Å². The first-order chi connectivity index (χ1) is 11.3.